The molecule has 1 aliphatic rings. The van der Waals surface area contributed by atoms with Crippen LogP contribution in [0, 0.1) is 0 Å². The van der Waals surface area contributed by atoms with Gasteiger partial charge in [0.2, 0.25) is 0 Å². The Morgan fingerprint density at radius 3 is 2.71 bits per heavy atom. The molecule has 1 unspecified atom stereocenters. The van der Waals surface area contributed by atoms with Crippen LogP contribution >= 0.6 is 24.0 Å². The molecule has 1 aromatic rings. The van der Waals surface area contributed by atoms with E-state index < -0.39 is 0 Å². The van der Waals surface area contributed by atoms with Crippen molar-refractivity contribution in [1.82, 2.24) is 0 Å². The van der Waals surface area contributed by atoms with Gasteiger partial charge < -0.3 is 10.8 Å². The molecule has 0 radical (unpaired) electrons. The zero-order valence-electron chi connectivity index (χ0n) is 9.53. The highest BCUT2D eigenvalue weighted by Crippen LogP contribution is 2.35. The summed E-state index contributed by atoms with van der Waals surface area (Å²) in [5.41, 5.74) is 9.33. The number of hydrogen-bond acceptors (Lipinski definition) is 2. The summed E-state index contributed by atoms with van der Waals surface area (Å²) >= 11 is 6.36. The minimum atomic E-state index is -0.200. The van der Waals surface area contributed by atoms with Gasteiger partial charge in [0.15, 0.2) is 0 Å². The van der Waals surface area contributed by atoms with Gasteiger partial charge in [0.25, 0.3) is 0 Å². The van der Waals surface area contributed by atoms with Crippen molar-refractivity contribution >= 4 is 29.0 Å². The molecule has 0 fully saturated rings. The number of aryl methyl sites for hydroxylation is 1. The third kappa shape index (κ3) is 3.23. The van der Waals surface area contributed by atoms with Gasteiger partial charge in [-0.1, -0.05) is 35.9 Å². The Kier molecular flexibility index (Phi) is 5.47. The number of fused-ring (bicyclic) bond motifs is 1. The fourth-order valence-corrected chi connectivity index (χ4v) is 2.47. The van der Waals surface area contributed by atoms with Crippen LogP contribution in [0.15, 0.2) is 29.8 Å². The molecule has 1 aliphatic carbocycles. The molecule has 1 atom stereocenters. The van der Waals surface area contributed by atoms with Gasteiger partial charge in [-0.2, -0.15) is 0 Å². The Labute approximate surface area is 113 Å². The maximum absolute atomic E-state index is 8.96. The second-order valence-corrected chi connectivity index (χ2v) is 4.60. The standard InChI is InChI=1S/C13H16ClNO.ClH/c14-13-10(7-11(15)8-16)6-5-9-3-1-2-4-12(9)13;/h1-4,11,16H,5-8,15H2;1H. The second-order valence-electron chi connectivity index (χ2n) is 4.22. The molecule has 0 spiro atoms. The highest BCUT2D eigenvalue weighted by atomic mass is 35.5. The molecule has 4 heteroatoms. The Morgan fingerprint density at radius 1 is 1.29 bits per heavy atom. The van der Waals surface area contributed by atoms with E-state index >= 15 is 0 Å². The van der Waals surface area contributed by atoms with Crippen LogP contribution < -0.4 is 5.73 Å². The van der Waals surface area contributed by atoms with Crippen molar-refractivity contribution in [3.63, 3.8) is 0 Å². The topological polar surface area (TPSA) is 46.2 Å². The number of benzene rings is 1. The first-order chi connectivity index (χ1) is 7.72. The third-order valence-corrected chi connectivity index (χ3v) is 3.47. The largest absolute Gasteiger partial charge is 0.395 e. The van der Waals surface area contributed by atoms with Gasteiger partial charge in [0.1, 0.15) is 0 Å². The monoisotopic (exact) mass is 273 g/mol. The molecule has 2 rings (SSSR count). The Bertz CT molecular complexity index is 418. The minimum Gasteiger partial charge on any atom is -0.395 e. The van der Waals surface area contributed by atoms with E-state index in [9.17, 15) is 0 Å². The van der Waals surface area contributed by atoms with Crippen molar-refractivity contribution in [2.45, 2.75) is 25.3 Å². The fraction of sp³-hybridized carbons (Fsp3) is 0.385. The molecule has 1 aromatic carbocycles. The maximum Gasteiger partial charge on any atom is 0.0585 e. The van der Waals surface area contributed by atoms with E-state index in [1.54, 1.807) is 0 Å². The first kappa shape index (κ1) is 14.5. The smallest absolute Gasteiger partial charge is 0.0585 e. The fourth-order valence-electron chi connectivity index (χ4n) is 2.11. The molecule has 0 aliphatic heterocycles. The van der Waals surface area contributed by atoms with Crippen molar-refractivity contribution in [3.05, 3.63) is 41.0 Å². The predicted molar refractivity (Wildman–Crippen MR) is 74.5 cm³/mol. The summed E-state index contributed by atoms with van der Waals surface area (Å²) in [5.74, 6) is 0. The lowest BCUT2D eigenvalue weighted by Gasteiger charge is -2.21. The van der Waals surface area contributed by atoms with Crippen LogP contribution in [0.5, 0.6) is 0 Å². The molecule has 0 saturated heterocycles. The molecule has 0 heterocycles. The number of rotatable bonds is 3. The van der Waals surface area contributed by atoms with Crippen molar-refractivity contribution in [2.75, 3.05) is 6.61 Å². The first-order valence-corrected chi connectivity index (χ1v) is 5.92. The lowest BCUT2D eigenvalue weighted by molar-refractivity contribution is 0.264. The second kappa shape index (κ2) is 6.41. The summed E-state index contributed by atoms with van der Waals surface area (Å²) in [6, 6.07) is 7.99. The van der Waals surface area contributed by atoms with Gasteiger partial charge in [0, 0.05) is 11.1 Å². The van der Waals surface area contributed by atoms with Gasteiger partial charge in [-0.3, -0.25) is 0 Å². The van der Waals surface area contributed by atoms with Crippen molar-refractivity contribution in [1.29, 1.82) is 0 Å². The average Bonchev–Trinajstić information content (AvgIpc) is 2.33. The van der Waals surface area contributed by atoms with E-state index in [-0.39, 0.29) is 25.1 Å². The quantitative estimate of drug-likeness (QED) is 0.890. The van der Waals surface area contributed by atoms with Crippen LogP contribution in [0.4, 0.5) is 0 Å². The molecule has 0 aromatic heterocycles. The average molecular weight is 274 g/mol. The zero-order valence-corrected chi connectivity index (χ0v) is 11.1. The lowest BCUT2D eigenvalue weighted by atomic mass is 9.89. The summed E-state index contributed by atoms with van der Waals surface area (Å²) in [6.07, 6.45) is 2.65. The van der Waals surface area contributed by atoms with Crippen LogP contribution in [0.25, 0.3) is 5.03 Å². The van der Waals surface area contributed by atoms with E-state index in [0.29, 0.717) is 6.42 Å². The normalized spacial score (nSPS) is 16.2. The van der Waals surface area contributed by atoms with Crippen molar-refractivity contribution < 1.29 is 5.11 Å². The molecular formula is C13H17Cl2NO. The molecule has 0 amide bonds. The highest BCUT2D eigenvalue weighted by molar-refractivity contribution is 6.49. The van der Waals surface area contributed by atoms with E-state index in [4.69, 9.17) is 22.4 Å². The summed E-state index contributed by atoms with van der Waals surface area (Å²) in [6.45, 7) is 0.00924. The molecular weight excluding hydrogens is 257 g/mol. The van der Waals surface area contributed by atoms with Gasteiger partial charge in [-0.15, -0.1) is 12.4 Å². The summed E-state index contributed by atoms with van der Waals surface area (Å²) in [7, 11) is 0. The predicted octanol–water partition coefficient (Wildman–Crippen LogP) is 2.71. The van der Waals surface area contributed by atoms with Crippen molar-refractivity contribution in [2.24, 2.45) is 5.73 Å². The number of aliphatic hydroxyl groups excluding tert-OH is 1. The minimum absolute atomic E-state index is 0. The zero-order chi connectivity index (χ0) is 11.5. The third-order valence-electron chi connectivity index (χ3n) is 3.00. The number of hydrogen-bond donors (Lipinski definition) is 2. The Balaban J connectivity index is 0.00000144. The van der Waals surface area contributed by atoms with Gasteiger partial charge in [-0.05, 0) is 36.0 Å². The highest BCUT2D eigenvalue weighted by Gasteiger charge is 2.18. The molecule has 17 heavy (non-hydrogen) atoms. The van der Waals surface area contributed by atoms with Crippen LogP contribution in [0.2, 0.25) is 0 Å². The summed E-state index contributed by atoms with van der Waals surface area (Å²) < 4.78 is 0. The molecule has 0 saturated carbocycles. The molecule has 2 nitrogen and oxygen atoms in total. The van der Waals surface area contributed by atoms with Crippen LogP contribution in [-0.4, -0.2) is 17.8 Å². The van der Waals surface area contributed by atoms with E-state index in [0.717, 1.165) is 23.4 Å². The lowest BCUT2D eigenvalue weighted by Crippen LogP contribution is -2.25. The van der Waals surface area contributed by atoms with E-state index in [1.165, 1.54) is 11.1 Å². The number of nitrogens with two attached hydrogens (primary N) is 1. The van der Waals surface area contributed by atoms with E-state index in [1.807, 2.05) is 18.2 Å². The first-order valence-electron chi connectivity index (χ1n) is 5.54. The maximum atomic E-state index is 8.96. The Hall–Kier alpha value is -0.540. The molecule has 94 valence electrons. The number of halogens is 2. The van der Waals surface area contributed by atoms with Gasteiger partial charge in [0.05, 0.1) is 6.61 Å². The number of aliphatic hydroxyl groups is 1. The SMILES string of the molecule is Cl.NC(CO)CC1=C(Cl)c2ccccc2CC1. The van der Waals surface area contributed by atoms with E-state index in [2.05, 4.69) is 6.07 Å². The van der Waals surface area contributed by atoms with Gasteiger partial charge in [-0.25, -0.2) is 0 Å². The van der Waals surface area contributed by atoms with Crippen LogP contribution in [0.1, 0.15) is 24.0 Å². The van der Waals surface area contributed by atoms with Gasteiger partial charge >= 0.3 is 0 Å². The van der Waals surface area contributed by atoms with Crippen LogP contribution in [0.3, 0.4) is 0 Å². The summed E-state index contributed by atoms with van der Waals surface area (Å²) in [5, 5.41) is 9.78. The van der Waals surface area contributed by atoms with Crippen LogP contribution in [-0.2, 0) is 6.42 Å². The Morgan fingerprint density at radius 2 is 2.00 bits per heavy atom. The molecule has 0 bridgehead atoms. The molecule has 3 N–H and O–H groups in total. The van der Waals surface area contributed by atoms with Crippen molar-refractivity contribution in [3.8, 4) is 0 Å². The summed E-state index contributed by atoms with van der Waals surface area (Å²) in [4.78, 5) is 0.